The SMILES string of the molecule is CCC(N)(CC)CNC(=O)c1ccn(-c2ccccc2)n1.Cl. The second-order valence-corrected chi connectivity index (χ2v) is 5.23. The molecule has 2 aromatic rings. The van der Waals surface area contributed by atoms with Gasteiger partial charge >= 0.3 is 0 Å². The van der Waals surface area contributed by atoms with E-state index in [1.54, 1.807) is 16.9 Å². The van der Waals surface area contributed by atoms with Crippen LogP contribution >= 0.6 is 12.4 Å². The molecule has 0 spiro atoms. The molecule has 6 heteroatoms. The second-order valence-electron chi connectivity index (χ2n) is 5.23. The smallest absolute Gasteiger partial charge is 0.271 e. The van der Waals surface area contributed by atoms with E-state index in [0.717, 1.165) is 18.5 Å². The minimum Gasteiger partial charge on any atom is -0.349 e. The van der Waals surface area contributed by atoms with Gasteiger partial charge in [0.15, 0.2) is 5.69 Å². The predicted octanol–water partition coefficient (Wildman–Crippen LogP) is 2.54. The van der Waals surface area contributed by atoms with E-state index >= 15 is 0 Å². The molecular weight excluding hydrogens is 300 g/mol. The first-order valence-corrected chi connectivity index (χ1v) is 7.26. The number of halogens is 1. The van der Waals surface area contributed by atoms with E-state index in [1.807, 2.05) is 44.2 Å². The molecule has 0 aliphatic carbocycles. The van der Waals surface area contributed by atoms with Crippen LogP contribution in [0.5, 0.6) is 0 Å². The van der Waals surface area contributed by atoms with Gasteiger partial charge in [-0.25, -0.2) is 4.68 Å². The minimum absolute atomic E-state index is 0. The number of hydrogen-bond donors (Lipinski definition) is 2. The number of nitrogens with two attached hydrogens (primary N) is 1. The number of nitrogens with one attached hydrogen (secondary N) is 1. The highest BCUT2D eigenvalue weighted by Gasteiger charge is 2.21. The minimum atomic E-state index is -0.350. The summed E-state index contributed by atoms with van der Waals surface area (Å²) in [5.74, 6) is -0.193. The number of para-hydroxylation sites is 1. The van der Waals surface area contributed by atoms with Gasteiger partial charge in [-0.2, -0.15) is 5.10 Å². The van der Waals surface area contributed by atoms with Crippen LogP contribution in [0.15, 0.2) is 42.6 Å². The Balaban J connectivity index is 0.00000242. The van der Waals surface area contributed by atoms with E-state index < -0.39 is 0 Å². The van der Waals surface area contributed by atoms with Crippen molar-refractivity contribution < 1.29 is 4.79 Å². The summed E-state index contributed by atoms with van der Waals surface area (Å²) < 4.78 is 1.68. The number of nitrogens with zero attached hydrogens (tertiary/aromatic N) is 2. The van der Waals surface area contributed by atoms with Crippen molar-refractivity contribution in [1.29, 1.82) is 0 Å². The van der Waals surface area contributed by atoms with Crippen molar-refractivity contribution in [3.63, 3.8) is 0 Å². The molecule has 0 fully saturated rings. The molecule has 0 bridgehead atoms. The molecule has 0 aliphatic heterocycles. The summed E-state index contributed by atoms with van der Waals surface area (Å²) in [6, 6.07) is 11.4. The molecule has 0 radical (unpaired) electrons. The molecule has 1 aromatic carbocycles. The Labute approximate surface area is 137 Å². The topological polar surface area (TPSA) is 72.9 Å². The standard InChI is InChI=1S/C16H22N4O.ClH/c1-3-16(17,4-2)12-18-15(21)14-10-11-20(19-14)13-8-6-5-7-9-13;/h5-11H,3-4,12,17H2,1-2H3,(H,18,21);1H. The number of aromatic nitrogens is 2. The van der Waals surface area contributed by atoms with Crippen LogP contribution in [0.1, 0.15) is 37.2 Å². The lowest BCUT2D eigenvalue weighted by Gasteiger charge is -2.26. The molecule has 3 N–H and O–H groups in total. The summed E-state index contributed by atoms with van der Waals surface area (Å²) in [5, 5.41) is 7.16. The van der Waals surface area contributed by atoms with Gasteiger partial charge in [0.25, 0.3) is 5.91 Å². The Morgan fingerprint density at radius 2 is 1.86 bits per heavy atom. The highest BCUT2D eigenvalue weighted by molar-refractivity contribution is 5.92. The maximum atomic E-state index is 12.1. The van der Waals surface area contributed by atoms with E-state index in [4.69, 9.17) is 5.73 Å². The lowest BCUT2D eigenvalue weighted by Crippen LogP contribution is -2.49. The zero-order valence-corrected chi connectivity index (χ0v) is 13.8. The maximum absolute atomic E-state index is 12.1. The lowest BCUT2D eigenvalue weighted by atomic mass is 9.94. The van der Waals surface area contributed by atoms with Gasteiger partial charge in [0.1, 0.15) is 0 Å². The summed E-state index contributed by atoms with van der Waals surface area (Å²) in [6.07, 6.45) is 3.42. The molecule has 22 heavy (non-hydrogen) atoms. The summed E-state index contributed by atoms with van der Waals surface area (Å²) in [5.41, 5.74) is 7.15. The highest BCUT2D eigenvalue weighted by Crippen LogP contribution is 2.10. The maximum Gasteiger partial charge on any atom is 0.271 e. The normalized spacial score (nSPS) is 10.9. The molecule has 1 amide bonds. The molecule has 0 aliphatic rings. The molecule has 0 saturated heterocycles. The van der Waals surface area contributed by atoms with Crippen LogP contribution in [0.3, 0.4) is 0 Å². The molecule has 2 rings (SSSR count). The monoisotopic (exact) mass is 322 g/mol. The second kappa shape index (κ2) is 7.96. The van der Waals surface area contributed by atoms with Gasteiger partial charge in [-0.1, -0.05) is 32.0 Å². The van der Waals surface area contributed by atoms with Crippen molar-refractivity contribution >= 4 is 18.3 Å². The van der Waals surface area contributed by atoms with E-state index in [1.165, 1.54) is 0 Å². The van der Waals surface area contributed by atoms with Crippen molar-refractivity contribution in [3.8, 4) is 5.69 Å². The molecule has 5 nitrogen and oxygen atoms in total. The van der Waals surface area contributed by atoms with Crippen molar-refractivity contribution in [2.24, 2.45) is 5.73 Å². The summed E-state index contributed by atoms with van der Waals surface area (Å²) in [6.45, 7) is 4.51. The van der Waals surface area contributed by atoms with Crippen molar-refractivity contribution in [3.05, 3.63) is 48.3 Å². The Kier molecular flexibility index (Phi) is 6.59. The van der Waals surface area contributed by atoms with Crippen molar-refractivity contribution in [1.82, 2.24) is 15.1 Å². The van der Waals surface area contributed by atoms with E-state index in [9.17, 15) is 4.79 Å². The van der Waals surface area contributed by atoms with Gasteiger partial charge in [-0.15, -0.1) is 12.4 Å². The third-order valence-electron chi connectivity index (χ3n) is 3.85. The average molecular weight is 323 g/mol. The number of hydrogen-bond acceptors (Lipinski definition) is 3. The Morgan fingerprint density at radius 3 is 2.45 bits per heavy atom. The van der Waals surface area contributed by atoms with Crippen LogP contribution < -0.4 is 11.1 Å². The van der Waals surface area contributed by atoms with Gasteiger partial charge in [-0.05, 0) is 31.0 Å². The number of carbonyl (C=O) groups excluding carboxylic acids is 1. The molecule has 1 aromatic heterocycles. The largest absolute Gasteiger partial charge is 0.349 e. The average Bonchev–Trinajstić information content (AvgIpc) is 3.03. The van der Waals surface area contributed by atoms with Crippen LogP contribution in [-0.2, 0) is 0 Å². The molecule has 120 valence electrons. The first-order valence-electron chi connectivity index (χ1n) is 7.26. The molecule has 0 unspecified atom stereocenters. The van der Waals surface area contributed by atoms with Crippen LogP contribution in [-0.4, -0.2) is 27.8 Å². The van der Waals surface area contributed by atoms with Gasteiger partial charge in [-0.3, -0.25) is 4.79 Å². The molecular formula is C16H23ClN4O. The number of benzene rings is 1. The third-order valence-corrected chi connectivity index (χ3v) is 3.85. The summed E-state index contributed by atoms with van der Waals surface area (Å²) in [4.78, 5) is 12.1. The van der Waals surface area contributed by atoms with Crippen molar-refractivity contribution in [2.45, 2.75) is 32.2 Å². The zero-order valence-electron chi connectivity index (χ0n) is 13.0. The summed E-state index contributed by atoms with van der Waals surface area (Å²) >= 11 is 0. The van der Waals surface area contributed by atoms with E-state index in [-0.39, 0.29) is 23.9 Å². The Bertz CT molecular complexity index is 593. The Hall–Kier alpha value is -1.85. The Morgan fingerprint density at radius 1 is 1.23 bits per heavy atom. The first kappa shape index (κ1) is 18.2. The van der Waals surface area contributed by atoms with Crippen LogP contribution in [0.4, 0.5) is 0 Å². The highest BCUT2D eigenvalue weighted by atomic mass is 35.5. The molecule has 1 heterocycles. The molecule has 0 saturated carbocycles. The van der Waals surface area contributed by atoms with Crippen LogP contribution in [0, 0.1) is 0 Å². The number of amides is 1. The van der Waals surface area contributed by atoms with Gasteiger partial charge < -0.3 is 11.1 Å². The fraction of sp³-hybridized carbons (Fsp3) is 0.375. The van der Waals surface area contributed by atoms with E-state index in [0.29, 0.717) is 12.2 Å². The number of rotatable bonds is 6. The fourth-order valence-electron chi connectivity index (χ4n) is 2.02. The third kappa shape index (κ3) is 4.32. The predicted molar refractivity (Wildman–Crippen MR) is 90.6 cm³/mol. The zero-order chi connectivity index (χ0) is 15.3. The van der Waals surface area contributed by atoms with Gasteiger partial charge in [0, 0.05) is 18.3 Å². The van der Waals surface area contributed by atoms with E-state index in [2.05, 4.69) is 10.4 Å². The van der Waals surface area contributed by atoms with Crippen molar-refractivity contribution in [2.75, 3.05) is 6.54 Å². The quantitative estimate of drug-likeness (QED) is 0.858. The van der Waals surface area contributed by atoms with Crippen LogP contribution in [0.2, 0.25) is 0 Å². The fourth-order valence-corrected chi connectivity index (χ4v) is 2.02. The molecule has 0 atom stereocenters. The van der Waals surface area contributed by atoms with Crippen LogP contribution in [0.25, 0.3) is 5.69 Å². The van der Waals surface area contributed by atoms with Gasteiger partial charge in [0.05, 0.1) is 5.69 Å². The van der Waals surface area contributed by atoms with Gasteiger partial charge in [0.2, 0.25) is 0 Å². The number of carbonyl (C=O) groups is 1. The lowest BCUT2D eigenvalue weighted by molar-refractivity contribution is 0.0936. The first-order chi connectivity index (χ1) is 10.1. The summed E-state index contributed by atoms with van der Waals surface area (Å²) in [7, 11) is 0.